The van der Waals surface area contributed by atoms with Gasteiger partial charge in [0, 0.05) is 12.6 Å². The van der Waals surface area contributed by atoms with Crippen LogP contribution in [0.1, 0.15) is 33.6 Å². The molecule has 0 bridgehead atoms. The molecule has 98 valence electrons. The van der Waals surface area contributed by atoms with Gasteiger partial charge in [-0.1, -0.05) is 13.8 Å². The lowest BCUT2D eigenvalue weighted by Crippen LogP contribution is -2.53. The van der Waals surface area contributed by atoms with Crippen LogP contribution in [0.4, 0.5) is 0 Å². The molecule has 1 saturated heterocycles. The SMILES string of the molecule is CCC1COC(C)CN1S(=O)(=O)C(C#N)CC. The van der Waals surface area contributed by atoms with Crippen molar-refractivity contribution in [1.29, 1.82) is 5.26 Å². The van der Waals surface area contributed by atoms with Gasteiger partial charge in [0.25, 0.3) is 0 Å². The summed E-state index contributed by atoms with van der Waals surface area (Å²) < 4.78 is 31.5. The van der Waals surface area contributed by atoms with Gasteiger partial charge in [-0.3, -0.25) is 0 Å². The minimum atomic E-state index is -3.53. The van der Waals surface area contributed by atoms with E-state index in [0.29, 0.717) is 26.0 Å². The van der Waals surface area contributed by atoms with Crippen LogP contribution in [0.3, 0.4) is 0 Å². The van der Waals surface area contributed by atoms with E-state index in [2.05, 4.69) is 0 Å². The van der Waals surface area contributed by atoms with Gasteiger partial charge in [0.1, 0.15) is 0 Å². The van der Waals surface area contributed by atoms with Gasteiger partial charge in [0.05, 0.1) is 18.8 Å². The summed E-state index contributed by atoms with van der Waals surface area (Å²) >= 11 is 0. The molecule has 3 unspecified atom stereocenters. The number of nitrogens with zero attached hydrogens (tertiary/aromatic N) is 2. The van der Waals surface area contributed by atoms with E-state index in [-0.39, 0.29) is 12.1 Å². The van der Waals surface area contributed by atoms with Crippen molar-refractivity contribution in [3.05, 3.63) is 0 Å². The monoisotopic (exact) mass is 260 g/mol. The van der Waals surface area contributed by atoms with Crippen molar-refractivity contribution in [2.75, 3.05) is 13.2 Å². The average Bonchev–Trinajstić information content (AvgIpc) is 2.30. The second-order valence-electron chi connectivity index (χ2n) is 4.35. The van der Waals surface area contributed by atoms with E-state index in [0.717, 1.165) is 0 Å². The summed E-state index contributed by atoms with van der Waals surface area (Å²) in [5, 5.41) is 7.99. The van der Waals surface area contributed by atoms with E-state index in [1.54, 1.807) is 6.92 Å². The molecular formula is C11H20N2O3S. The van der Waals surface area contributed by atoms with Gasteiger partial charge in [-0.25, -0.2) is 8.42 Å². The molecule has 1 aliphatic heterocycles. The molecule has 17 heavy (non-hydrogen) atoms. The zero-order valence-corrected chi connectivity index (χ0v) is 11.4. The second kappa shape index (κ2) is 5.80. The predicted molar refractivity (Wildman–Crippen MR) is 64.8 cm³/mol. The van der Waals surface area contributed by atoms with E-state index in [4.69, 9.17) is 10.00 Å². The predicted octanol–water partition coefficient (Wildman–Crippen LogP) is 1.12. The lowest BCUT2D eigenvalue weighted by atomic mass is 10.2. The second-order valence-corrected chi connectivity index (χ2v) is 6.41. The Labute approximate surface area is 103 Å². The van der Waals surface area contributed by atoms with Crippen LogP contribution in [-0.4, -0.2) is 43.3 Å². The fourth-order valence-corrected chi connectivity index (χ4v) is 3.90. The first-order chi connectivity index (χ1) is 7.97. The van der Waals surface area contributed by atoms with Gasteiger partial charge in [-0.2, -0.15) is 9.57 Å². The standard InChI is InChI=1S/C11H20N2O3S/c1-4-10-8-16-9(3)7-13(10)17(14,15)11(5-2)6-12/h9-11H,4-5,7-8H2,1-3H3. The fourth-order valence-electron chi connectivity index (χ4n) is 1.98. The molecule has 1 rings (SSSR count). The number of morpholine rings is 1. The zero-order chi connectivity index (χ0) is 13.1. The van der Waals surface area contributed by atoms with Crippen LogP contribution < -0.4 is 0 Å². The molecule has 1 aliphatic rings. The Balaban J connectivity index is 2.98. The summed E-state index contributed by atoms with van der Waals surface area (Å²) in [7, 11) is -3.53. The van der Waals surface area contributed by atoms with Gasteiger partial charge in [0.2, 0.25) is 10.0 Å². The Morgan fingerprint density at radius 3 is 2.65 bits per heavy atom. The maximum atomic E-state index is 12.3. The van der Waals surface area contributed by atoms with Gasteiger partial charge >= 0.3 is 0 Å². The summed E-state index contributed by atoms with van der Waals surface area (Å²) in [6.45, 7) is 6.26. The third-order valence-electron chi connectivity index (χ3n) is 3.09. The maximum absolute atomic E-state index is 12.3. The Hall–Kier alpha value is -0.640. The normalized spacial score (nSPS) is 28.6. The van der Waals surface area contributed by atoms with Crippen LogP contribution in [0.25, 0.3) is 0 Å². The molecule has 0 aromatic rings. The van der Waals surface area contributed by atoms with Crippen LogP contribution >= 0.6 is 0 Å². The van der Waals surface area contributed by atoms with E-state index >= 15 is 0 Å². The molecule has 0 amide bonds. The van der Waals surface area contributed by atoms with Crippen LogP contribution in [-0.2, 0) is 14.8 Å². The lowest BCUT2D eigenvalue weighted by Gasteiger charge is -2.38. The summed E-state index contributed by atoms with van der Waals surface area (Å²) in [5.41, 5.74) is 0. The number of sulfonamides is 1. The van der Waals surface area contributed by atoms with Crippen molar-refractivity contribution in [2.24, 2.45) is 0 Å². The van der Waals surface area contributed by atoms with Crippen molar-refractivity contribution in [2.45, 2.75) is 51.0 Å². The highest BCUT2D eigenvalue weighted by molar-refractivity contribution is 7.90. The Morgan fingerprint density at radius 2 is 2.18 bits per heavy atom. The summed E-state index contributed by atoms with van der Waals surface area (Å²) in [6, 6.07) is 1.74. The molecule has 0 aromatic heterocycles. The van der Waals surface area contributed by atoms with E-state index in [9.17, 15) is 8.42 Å². The van der Waals surface area contributed by atoms with Crippen molar-refractivity contribution in [1.82, 2.24) is 4.31 Å². The fraction of sp³-hybridized carbons (Fsp3) is 0.909. The van der Waals surface area contributed by atoms with E-state index < -0.39 is 15.3 Å². The number of hydrogen-bond donors (Lipinski definition) is 0. The van der Waals surface area contributed by atoms with Gasteiger partial charge in [-0.05, 0) is 19.8 Å². The number of ether oxygens (including phenoxy) is 1. The van der Waals surface area contributed by atoms with Crippen LogP contribution in [0.5, 0.6) is 0 Å². The van der Waals surface area contributed by atoms with Crippen molar-refractivity contribution in [3.8, 4) is 6.07 Å². The molecule has 1 heterocycles. The minimum Gasteiger partial charge on any atom is -0.375 e. The van der Waals surface area contributed by atoms with Crippen LogP contribution in [0, 0.1) is 11.3 Å². The molecule has 0 saturated carbocycles. The maximum Gasteiger partial charge on any atom is 0.230 e. The first-order valence-corrected chi connectivity index (χ1v) is 7.49. The first kappa shape index (κ1) is 14.4. The smallest absolute Gasteiger partial charge is 0.230 e. The Morgan fingerprint density at radius 1 is 1.53 bits per heavy atom. The first-order valence-electron chi connectivity index (χ1n) is 5.99. The summed E-state index contributed by atoms with van der Waals surface area (Å²) in [5.74, 6) is 0. The molecule has 5 nitrogen and oxygen atoms in total. The van der Waals surface area contributed by atoms with E-state index in [1.807, 2.05) is 19.9 Å². The molecule has 1 fully saturated rings. The summed E-state index contributed by atoms with van der Waals surface area (Å²) in [6.07, 6.45) is 0.915. The van der Waals surface area contributed by atoms with Crippen molar-refractivity contribution >= 4 is 10.0 Å². The molecule has 3 atom stereocenters. The minimum absolute atomic E-state index is 0.108. The van der Waals surface area contributed by atoms with Crippen LogP contribution in [0.15, 0.2) is 0 Å². The highest BCUT2D eigenvalue weighted by Gasteiger charge is 2.38. The van der Waals surface area contributed by atoms with E-state index in [1.165, 1.54) is 4.31 Å². The van der Waals surface area contributed by atoms with Crippen molar-refractivity contribution < 1.29 is 13.2 Å². The van der Waals surface area contributed by atoms with Gasteiger partial charge < -0.3 is 4.74 Å². The molecule has 0 N–H and O–H groups in total. The largest absolute Gasteiger partial charge is 0.375 e. The van der Waals surface area contributed by atoms with Crippen molar-refractivity contribution in [3.63, 3.8) is 0 Å². The third-order valence-corrected chi connectivity index (χ3v) is 5.35. The Bertz CT molecular complexity index is 388. The summed E-state index contributed by atoms with van der Waals surface area (Å²) in [4.78, 5) is 0. The topological polar surface area (TPSA) is 70.4 Å². The third kappa shape index (κ3) is 2.97. The molecule has 0 radical (unpaired) electrons. The average molecular weight is 260 g/mol. The number of rotatable bonds is 4. The molecular weight excluding hydrogens is 240 g/mol. The molecule has 0 aromatic carbocycles. The van der Waals surface area contributed by atoms with Gasteiger partial charge in [0.15, 0.2) is 5.25 Å². The quantitative estimate of drug-likeness (QED) is 0.759. The molecule has 6 heteroatoms. The van der Waals surface area contributed by atoms with Gasteiger partial charge in [-0.15, -0.1) is 0 Å². The molecule has 0 aliphatic carbocycles. The zero-order valence-electron chi connectivity index (χ0n) is 10.6. The van der Waals surface area contributed by atoms with Crippen LogP contribution in [0.2, 0.25) is 0 Å². The number of nitriles is 1. The molecule has 0 spiro atoms. The highest BCUT2D eigenvalue weighted by Crippen LogP contribution is 2.22. The lowest BCUT2D eigenvalue weighted by molar-refractivity contribution is -0.0232. The number of hydrogen-bond acceptors (Lipinski definition) is 4. The highest BCUT2D eigenvalue weighted by atomic mass is 32.2. The Kier molecular flexibility index (Phi) is 4.92.